The fourth-order valence-electron chi connectivity index (χ4n) is 2.84. The lowest BCUT2D eigenvalue weighted by Crippen LogP contribution is -2.42. The van der Waals surface area contributed by atoms with Gasteiger partial charge in [0, 0.05) is 13.1 Å². The Morgan fingerprint density at radius 1 is 1.35 bits per heavy atom. The zero-order chi connectivity index (χ0) is 19.4. The molecule has 10 heteroatoms. The van der Waals surface area contributed by atoms with Crippen LogP contribution in [0.3, 0.4) is 0 Å². The van der Waals surface area contributed by atoms with Crippen molar-refractivity contribution in [1.29, 1.82) is 0 Å². The first-order valence-electron chi connectivity index (χ1n) is 8.48. The molecule has 1 aromatic rings. The average molecular weight is 390 g/mol. The highest BCUT2D eigenvalue weighted by molar-refractivity contribution is 7.89. The summed E-state index contributed by atoms with van der Waals surface area (Å²) in [7, 11) is -4.10. The number of anilines is 1. The Labute approximate surface area is 151 Å². The number of nitrogens with one attached hydrogen (secondary N) is 2. The van der Waals surface area contributed by atoms with Gasteiger partial charge in [-0.1, -0.05) is 19.3 Å². The highest BCUT2D eigenvalue weighted by Crippen LogP contribution is 2.26. The van der Waals surface area contributed by atoms with Crippen LogP contribution >= 0.6 is 0 Å². The summed E-state index contributed by atoms with van der Waals surface area (Å²) in [5, 5.41) is 2.56. The number of halogens is 2. The van der Waals surface area contributed by atoms with E-state index in [4.69, 9.17) is 5.73 Å². The number of carbonyl (C=O) groups excluding carboxylic acids is 1. The molecular weight excluding hydrogens is 366 g/mol. The molecule has 0 saturated heterocycles. The summed E-state index contributed by atoms with van der Waals surface area (Å²) in [5.41, 5.74) is 6.00. The Balaban J connectivity index is 1.97. The van der Waals surface area contributed by atoms with Gasteiger partial charge in [-0.05, 0) is 30.9 Å². The molecule has 1 aromatic heterocycles. The van der Waals surface area contributed by atoms with Gasteiger partial charge in [0.2, 0.25) is 15.9 Å². The summed E-state index contributed by atoms with van der Waals surface area (Å²) >= 11 is 0. The Kier molecular flexibility index (Phi) is 6.64. The summed E-state index contributed by atoms with van der Waals surface area (Å²) < 4.78 is 51.3. The number of alkyl halides is 2. The molecule has 7 nitrogen and oxygen atoms in total. The third kappa shape index (κ3) is 5.96. The van der Waals surface area contributed by atoms with Gasteiger partial charge in [0.1, 0.15) is 10.7 Å². The van der Waals surface area contributed by atoms with Crippen molar-refractivity contribution in [2.24, 2.45) is 11.7 Å². The zero-order valence-corrected chi connectivity index (χ0v) is 15.4. The lowest BCUT2D eigenvalue weighted by Gasteiger charge is -2.26. The van der Waals surface area contributed by atoms with Gasteiger partial charge in [0.05, 0.1) is 12.6 Å². The van der Waals surface area contributed by atoms with Crippen molar-refractivity contribution < 1.29 is 22.0 Å². The minimum absolute atomic E-state index is 0.128. The van der Waals surface area contributed by atoms with E-state index in [1.807, 2.05) is 4.72 Å². The van der Waals surface area contributed by atoms with Crippen molar-refractivity contribution in [1.82, 2.24) is 9.71 Å². The molecule has 1 aliphatic carbocycles. The van der Waals surface area contributed by atoms with E-state index in [0.29, 0.717) is 6.92 Å². The van der Waals surface area contributed by atoms with Crippen LogP contribution in [0.5, 0.6) is 0 Å². The number of sulfonamides is 1. The third-order valence-electron chi connectivity index (χ3n) is 4.33. The largest absolute Gasteiger partial charge is 0.320 e. The Hall–Kier alpha value is -1.65. The number of carbonyl (C=O) groups is 1. The SMILES string of the molecule is CC(F)(F)CNS(=O)(=O)c1ccc(NC(=O)[C@@H](N)C2CCCCC2)nc1. The molecular formula is C16H24F2N4O3S. The topological polar surface area (TPSA) is 114 Å². The smallest absolute Gasteiger partial charge is 0.258 e. The molecule has 1 fully saturated rings. The van der Waals surface area contributed by atoms with E-state index in [0.717, 1.165) is 38.3 Å². The number of nitrogens with two attached hydrogens (primary N) is 1. The number of pyridine rings is 1. The van der Waals surface area contributed by atoms with Crippen LogP contribution in [-0.4, -0.2) is 37.8 Å². The first kappa shape index (κ1) is 20.7. The van der Waals surface area contributed by atoms with Crippen molar-refractivity contribution in [2.45, 2.75) is 55.9 Å². The minimum atomic E-state index is -4.10. The van der Waals surface area contributed by atoms with E-state index in [9.17, 15) is 22.0 Å². The molecule has 0 spiro atoms. The number of hydrogen-bond donors (Lipinski definition) is 3. The van der Waals surface area contributed by atoms with E-state index in [2.05, 4.69) is 10.3 Å². The predicted molar refractivity (Wildman–Crippen MR) is 93.2 cm³/mol. The number of nitrogens with zero attached hydrogens (tertiary/aromatic N) is 1. The number of aromatic nitrogens is 1. The quantitative estimate of drug-likeness (QED) is 0.657. The second-order valence-corrected chi connectivity index (χ2v) is 8.45. The zero-order valence-electron chi connectivity index (χ0n) is 14.5. The summed E-state index contributed by atoms with van der Waals surface area (Å²) in [6.07, 6.45) is 6.08. The molecule has 1 heterocycles. The summed E-state index contributed by atoms with van der Waals surface area (Å²) in [6, 6.07) is 1.84. The molecule has 1 saturated carbocycles. The van der Waals surface area contributed by atoms with Crippen LogP contribution in [0.4, 0.5) is 14.6 Å². The molecule has 146 valence electrons. The fourth-order valence-corrected chi connectivity index (χ4v) is 3.88. The number of rotatable bonds is 7. The van der Waals surface area contributed by atoms with E-state index in [-0.39, 0.29) is 22.5 Å². The highest BCUT2D eigenvalue weighted by Gasteiger charge is 2.27. The van der Waals surface area contributed by atoms with E-state index >= 15 is 0 Å². The Morgan fingerprint density at radius 2 is 2.00 bits per heavy atom. The maximum Gasteiger partial charge on any atom is 0.258 e. The lowest BCUT2D eigenvalue weighted by atomic mass is 9.84. The maximum absolute atomic E-state index is 12.8. The van der Waals surface area contributed by atoms with Crippen LogP contribution in [0.2, 0.25) is 0 Å². The number of hydrogen-bond acceptors (Lipinski definition) is 5. The molecule has 1 aliphatic rings. The van der Waals surface area contributed by atoms with Crippen LogP contribution in [0.15, 0.2) is 23.2 Å². The van der Waals surface area contributed by atoms with Gasteiger partial charge < -0.3 is 11.1 Å². The van der Waals surface area contributed by atoms with Crippen molar-refractivity contribution in [3.05, 3.63) is 18.3 Å². The van der Waals surface area contributed by atoms with Crippen LogP contribution in [0.25, 0.3) is 0 Å². The first-order chi connectivity index (χ1) is 12.1. The Morgan fingerprint density at radius 3 is 2.54 bits per heavy atom. The van der Waals surface area contributed by atoms with Crippen molar-refractivity contribution in [2.75, 3.05) is 11.9 Å². The molecule has 0 aromatic carbocycles. The van der Waals surface area contributed by atoms with Crippen molar-refractivity contribution >= 4 is 21.7 Å². The molecule has 0 radical (unpaired) electrons. The summed E-state index contributed by atoms with van der Waals surface area (Å²) in [6.45, 7) is -0.397. The average Bonchev–Trinajstić information content (AvgIpc) is 2.60. The van der Waals surface area contributed by atoms with Gasteiger partial charge >= 0.3 is 0 Å². The lowest BCUT2D eigenvalue weighted by molar-refractivity contribution is -0.118. The molecule has 4 N–H and O–H groups in total. The molecule has 1 atom stereocenters. The normalized spacial score (nSPS) is 17.7. The van der Waals surface area contributed by atoms with Gasteiger partial charge in [0.15, 0.2) is 0 Å². The second kappa shape index (κ2) is 8.36. The van der Waals surface area contributed by atoms with Gasteiger partial charge in [-0.15, -0.1) is 0 Å². The van der Waals surface area contributed by atoms with Crippen molar-refractivity contribution in [3.63, 3.8) is 0 Å². The van der Waals surface area contributed by atoms with Gasteiger partial charge in [-0.25, -0.2) is 26.9 Å². The predicted octanol–water partition coefficient (Wildman–Crippen LogP) is 1.86. The highest BCUT2D eigenvalue weighted by atomic mass is 32.2. The molecule has 2 rings (SSSR count). The van der Waals surface area contributed by atoms with Crippen molar-refractivity contribution in [3.8, 4) is 0 Å². The van der Waals surface area contributed by atoms with Crippen LogP contribution in [-0.2, 0) is 14.8 Å². The number of amides is 1. The summed E-state index contributed by atoms with van der Waals surface area (Å²) in [4.78, 5) is 15.8. The van der Waals surface area contributed by atoms with Crippen LogP contribution < -0.4 is 15.8 Å². The van der Waals surface area contributed by atoms with Crippen LogP contribution in [0, 0.1) is 5.92 Å². The monoisotopic (exact) mass is 390 g/mol. The summed E-state index contributed by atoms with van der Waals surface area (Å²) in [5.74, 6) is -3.25. The standard InChI is InChI=1S/C16H24F2N4O3S/c1-16(17,18)10-21-26(24,25)12-7-8-13(20-9-12)22-15(23)14(19)11-5-3-2-4-6-11/h7-9,11,14,21H,2-6,10,19H2,1H3,(H,20,22,23)/t14-/m0/s1. The Bertz CT molecular complexity index is 714. The van der Waals surface area contributed by atoms with Gasteiger partial charge in [-0.2, -0.15) is 0 Å². The van der Waals surface area contributed by atoms with E-state index in [1.54, 1.807) is 0 Å². The second-order valence-electron chi connectivity index (χ2n) is 6.69. The van der Waals surface area contributed by atoms with E-state index in [1.165, 1.54) is 12.1 Å². The fraction of sp³-hybridized carbons (Fsp3) is 0.625. The molecule has 0 unspecified atom stereocenters. The van der Waals surface area contributed by atoms with Gasteiger partial charge in [-0.3, -0.25) is 4.79 Å². The first-order valence-corrected chi connectivity index (χ1v) is 9.97. The molecule has 0 aliphatic heterocycles. The van der Waals surface area contributed by atoms with Gasteiger partial charge in [0.25, 0.3) is 5.92 Å². The molecule has 26 heavy (non-hydrogen) atoms. The van der Waals surface area contributed by atoms with Crippen LogP contribution in [0.1, 0.15) is 39.0 Å². The molecule has 1 amide bonds. The minimum Gasteiger partial charge on any atom is -0.320 e. The maximum atomic E-state index is 12.8. The molecule has 0 bridgehead atoms. The van der Waals surface area contributed by atoms with E-state index < -0.39 is 28.5 Å². The third-order valence-corrected chi connectivity index (χ3v) is 5.72.